The van der Waals surface area contributed by atoms with Crippen molar-refractivity contribution in [2.24, 2.45) is 28.8 Å². The van der Waals surface area contributed by atoms with Crippen LogP contribution in [-0.4, -0.2) is 65.3 Å². The van der Waals surface area contributed by atoms with Gasteiger partial charge in [0, 0.05) is 25.4 Å². The number of cyclic esters (lactones) is 1. The predicted octanol–water partition coefficient (Wildman–Crippen LogP) is 3.76. The van der Waals surface area contributed by atoms with Crippen LogP contribution >= 0.6 is 0 Å². The maximum Gasteiger partial charge on any atom is 0.316 e. The quantitative estimate of drug-likeness (QED) is 0.364. The number of hydrogen-bond acceptors (Lipinski definition) is 8. The van der Waals surface area contributed by atoms with Crippen molar-refractivity contribution < 1.29 is 34.1 Å². The standard InChI is InChI=1S/C23H41NO7.C2H6/c1-10-18-23(7,28)20(26)16(5)19(24-30-9)13(2)12-22(6,29-8)14(3)11-17(25)15(4)21(27)31-18;1-2/h13-16,18,20,26,28H,10-12H2,1-9H3;1-2H3/b24-19+;/t13-,14-,15?,16?,18-,20?,22-,23-;/m1./s1. The van der Waals surface area contributed by atoms with Gasteiger partial charge in [0.15, 0.2) is 0 Å². The zero-order chi connectivity index (χ0) is 26.1. The van der Waals surface area contributed by atoms with E-state index in [4.69, 9.17) is 14.3 Å². The van der Waals surface area contributed by atoms with Crippen molar-refractivity contribution in [1.29, 1.82) is 0 Å². The molecule has 0 amide bonds. The third kappa shape index (κ3) is 7.49. The molecular weight excluding hydrogens is 426 g/mol. The number of oxime groups is 1. The Bertz CT molecular complexity index is 663. The van der Waals surface area contributed by atoms with Crippen LogP contribution < -0.4 is 0 Å². The van der Waals surface area contributed by atoms with E-state index >= 15 is 0 Å². The Morgan fingerprint density at radius 3 is 2.12 bits per heavy atom. The van der Waals surface area contributed by atoms with Crippen molar-refractivity contribution in [2.75, 3.05) is 14.2 Å². The van der Waals surface area contributed by atoms with Gasteiger partial charge in [-0.2, -0.15) is 0 Å². The van der Waals surface area contributed by atoms with Gasteiger partial charge in [0.1, 0.15) is 30.5 Å². The maximum atomic E-state index is 12.8. The van der Waals surface area contributed by atoms with Gasteiger partial charge in [-0.05, 0) is 39.5 Å². The molecule has 0 spiro atoms. The summed E-state index contributed by atoms with van der Waals surface area (Å²) in [6.45, 7) is 16.2. The number of Topliss-reactive ketones (excluding diaryl/α,β-unsaturated/α-hetero) is 1. The molecule has 33 heavy (non-hydrogen) atoms. The molecule has 0 bridgehead atoms. The Kier molecular flexibility index (Phi) is 12.8. The van der Waals surface area contributed by atoms with Gasteiger partial charge >= 0.3 is 5.97 Å². The van der Waals surface area contributed by atoms with E-state index in [1.54, 1.807) is 21.0 Å². The van der Waals surface area contributed by atoms with Crippen LogP contribution in [0.3, 0.4) is 0 Å². The summed E-state index contributed by atoms with van der Waals surface area (Å²) < 4.78 is 11.3. The van der Waals surface area contributed by atoms with Gasteiger partial charge in [-0.3, -0.25) is 9.59 Å². The topological polar surface area (TPSA) is 115 Å². The maximum absolute atomic E-state index is 12.8. The molecule has 0 radical (unpaired) electrons. The first-order chi connectivity index (χ1) is 15.3. The molecule has 194 valence electrons. The van der Waals surface area contributed by atoms with Crippen molar-refractivity contribution >= 4 is 17.5 Å². The van der Waals surface area contributed by atoms with E-state index in [1.165, 1.54) is 21.0 Å². The van der Waals surface area contributed by atoms with Crippen molar-refractivity contribution in [3.63, 3.8) is 0 Å². The average molecular weight is 474 g/mol. The number of carbonyl (C=O) groups excluding carboxylic acids is 2. The molecule has 8 heteroatoms. The first-order valence-electron chi connectivity index (χ1n) is 12.1. The Labute approximate surface area is 200 Å². The van der Waals surface area contributed by atoms with Gasteiger partial charge in [0.2, 0.25) is 0 Å². The molecular formula is C25H47NO7. The van der Waals surface area contributed by atoms with Gasteiger partial charge in [-0.25, -0.2) is 0 Å². The van der Waals surface area contributed by atoms with Crippen LogP contribution in [0.5, 0.6) is 0 Å². The normalized spacial score (nSPS) is 40.3. The molecule has 3 unspecified atom stereocenters. The molecule has 1 aliphatic heterocycles. The van der Waals surface area contributed by atoms with E-state index in [0.29, 0.717) is 12.1 Å². The van der Waals surface area contributed by atoms with E-state index in [0.717, 1.165) is 0 Å². The number of esters is 1. The fourth-order valence-corrected chi connectivity index (χ4v) is 4.47. The lowest BCUT2D eigenvalue weighted by Crippen LogP contribution is -2.56. The second kappa shape index (κ2) is 13.4. The van der Waals surface area contributed by atoms with Crippen molar-refractivity contribution in [2.45, 2.75) is 105 Å². The molecule has 0 aliphatic carbocycles. The van der Waals surface area contributed by atoms with Crippen molar-refractivity contribution in [3.05, 3.63) is 0 Å². The molecule has 0 saturated carbocycles. The summed E-state index contributed by atoms with van der Waals surface area (Å²) in [6.07, 6.45) is -1.35. The van der Waals surface area contributed by atoms with Crippen LogP contribution in [0.4, 0.5) is 0 Å². The minimum absolute atomic E-state index is 0.148. The molecule has 0 aromatic carbocycles. The Hall–Kier alpha value is -1.51. The van der Waals surface area contributed by atoms with Gasteiger partial charge in [-0.1, -0.05) is 46.7 Å². The highest BCUT2D eigenvalue weighted by atomic mass is 16.6. The third-order valence-electron chi connectivity index (χ3n) is 7.09. The van der Waals surface area contributed by atoms with Gasteiger partial charge in [-0.15, -0.1) is 0 Å². The van der Waals surface area contributed by atoms with E-state index in [-0.39, 0.29) is 30.5 Å². The number of nitrogens with zero attached hydrogens (tertiary/aromatic N) is 1. The lowest BCUT2D eigenvalue weighted by molar-refractivity contribution is -0.186. The fourth-order valence-electron chi connectivity index (χ4n) is 4.47. The lowest BCUT2D eigenvalue weighted by atomic mass is 9.74. The average Bonchev–Trinajstić information content (AvgIpc) is 2.79. The highest BCUT2D eigenvalue weighted by molar-refractivity contribution is 5.98. The second-order valence-corrected chi connectivity index (χ2v) is 9.41. The van der Waals surface area contributed by atoms with Crippen molar-refractivity contribution in [1.82, 2.24) is 0 Å². The molecule has 8 atom stereocenters. The fraction of sp³-hybridized carbons (Fsp3) is 0.880. The zero-order valence-electron chi connectivity index (χ0n) is 22.5. The minimum Gasteiger partial charge on any atom is -0.459 e. The van der Waals surface area contributed by atoms with E-state index in [1.807, 2.05) is 34.6 Å². The first-order valence-corrected chi connectivity index (χ1v) is 12.1. The largest absolute Gasteiger partial charge is 0.459 e. The highest BCUT2D eigenvalue weighted by Crippen LogP contribution is 2.36. The van der Waals surface area contributed by atoms with E-state index in [2.05, 4.69) is 5.16 Å². The highest BCUT2D eigenvalue weighted by Gasteiger charge is 2.47. The van der Waals surface area contributed by atoms with Crippen molar-refractivity contribution in [3.8, 4) is 0 Å². The lowest BCUT2D eigenvalue weighted by Gasteiger charge is -2.41. The molecule has 2 N–H and O–H groups in total. The summed E-state index contributed by atoms with van der Waals surface area (Å²) in [4.78, 5) is 30.6. The molecule has 1 heterocycles. The van der Waals surface area contributed by atoms with Crippen LogP contribution in [0.15, 0.2) is 5.16 Å². The Morgan fingerprint density at radius 2 is 1.67 bits per heavy atom. The summed E-state index contributed by atoms with van der Waals surface area (Å²) >= 11 is 0. The van der Waals surface area contributed by atoms with E-state index in [9.17, 15) is 19.8 Å². The smallest absolute Gasteiger partial charge is 0.316 e. The first kappa shape index (κ1) is 31.5. The Balaban J connectivity index is 0.00000497. The number of ketones is 1. The summed E-state index contributed by atoms with van der Waals surface area (Å²) in [5.74, 6) is -2.88. The zero-order valence-corrected chi connectivity index (χ0v) is 22.5. The molecule has 0 aromatic rings. The number of rotatable bonds is 3. The summed E-state index contributed by atoms with van der Waals surface area (Å²) in [5, 5.41) is 26.4. The summed E-state index contributed by atoms with van der Waals surface area (Å²) in [5.41, 5.74) is -1.89. The van der Waals surface area contributed by atoms with Crippen LogP contribution in [0.2, 0.25) is 0 Å². The molecule has 1 fully saturated rings. The van der Waals surface area contributed by atoms with E-state index < -0.39 is 41.2 Å². The molecule has 1 saturated heterocycles. The van der Waals surface area contributed by atoms with Crippen LogP contribution in [0, 0.1) is 23.7 Å². The molecule has 1 aliphatic rings. The van der Waals surface area contributed by atoms with Gasteiger partial charge in [0.25, 0.3) is 0 Å². The molecule has 1 rings (SSSR count). The van der Waals surface area contributed by atoms with Crippen LogP contribution in [0.1, 0.15) is 81.6 Å². The SMILES string of the molecule is CC.CC[C@H]1OC(=O)C(C)C(=O)C[C@@H](C)[C@](C)(OC)C[C@@H](C)/C(=N\OC)C(C)C(O)[C@]1(C)O. The number of ether oxygens (including phenoxy) is 2. The number of aliphatic hydroxyl groups excluding tert-OH is 1. The predicted molar refractivity (Wildman–Crippen MR) is 129 cm³/mol. The van der Waals surface area contributed by atoms with Crippen LogP contribution in [0.25, 0.3) is 0 Å². The van der Waals surface area contributed by atoms with Crippen LogP contribution in [-0.2, 0) is 23.9 Å². The number of carbonyl (C=O) groups is 2. The third-order valence-corrected chi connectivity index (χ3v) is 7.09. The number of methoxy groups -OCH3 is 1. The summed E-state index contributed by atoms with van der Waals surface area (Å²) in [6, 6.07) is 0. The number of hydrogen-bond donors (Lipinski definition) is 2. The Morgan fingerprint density at radius 1 is 1.12 bits per heavy atom. The second-order valence-electron chi connectivity index (χ2n) is 9.41. The van der Waals surface area contributed by atoms with Gasteiger partial charge in [0.05, 0.1) is 17.4 Å². The monoisotopic (exact) mass is 473 g/mol. The summed E-state index contributed by atoms with van der Waals surface area (Å²) in [7, 11) is 3.02. The molecule has 0 aromatic heterocycles. The molecule has 8 nitrogen and oxygen atoms in total. The van der Waals surface area contributed by atoms with Gasteiger partial charge < -0.3 is 24.5 Å². The minimum atomic E-state index is -1.76. The number of aliphatic hydroxyl groups is 2.